The smallest absolute Gasteiger partial charge is 0.334 e. The van der Waals surface area contributed by atoms with Crippen LogP contribution in [0.1, 0.15) is 60.5 Å². The van der Waals surface area contributed by atoms with E-state index in [0.717, 1.165) is 41.7 Å². The Morgan fingerprint density at radius 3 is 2.00 bits per heavy atom. The molecule has 0 heterocycles. The van der Waals surface area contributed by atoms with Crippen LogP contribution in [0.15, 0.2) is 83.8 Å². The van der Waals surface area contributed by atoms with Crippen molar-refractivity contribution in [2.75, 3.05) is 0 Å². The van der Waals surface area contributed by atoms with E-state index in [2.05, 4.69) is 30.3 Å². The number of rotatable bonds is 14. The molecule has 3 N–H and O–H groups in total. The zero-order valence-corrected chi connectivity index (χ0v) is 20.3. The predicted octanol–water partition coefficient (Wildman–Crippen LogP) is 6.80. The lowest BCUT2D eigenvalue weighted by atomic mass is 9.96. The molecule has 0 amide bonds. The number of benzene rings is 3. The molecule has 3 rings (SSSR count). The van der Waals surface area contributed by atoms with Gasteiger partial charge in [-0.2, -0.15) is 0 Å². The van der Waals surface area contributed by atoms with Crippen LogP contribution in [0.5, 0.6) is 5.75 Å². The van der Waals surface area contributed by atoms with E-state index < -0.39 is 17.3 Å². The number of thioether (sulfide) groups is 1. The van der Waals surface area contributed by atoms with Crippen molar-refractivity contribution in [3.8, 4) is 5.75 Å². The number of phenolic OH excluding ortho intramolecular Hbond substituents is 1. The molecule has 2 atom stereocenters. The lowest BCUT2D eigenvalue weighted by Crippen LogP contribution is -2.26. The van der Waals surface area contributed by atoms with Gasteiger partial charge in [-0.3, -0.25) is 0 Å². The first-order valence-corrected chi connectivity index (χ1v) is 12.9. The summed E-state index contributed by atoms with van der Waals surface area (Å²) in [5.41, 5.74) is 3.35. The van der Waals surface area contributed by atoms with Crippen molar-refractivity contribution in [2.24, 2.45) is 0 Å². The van der Waals surface area contributed by atoms with Crippen molar-refractivity contribution < 1.29 is 20.1 Å². The number of hydrogen-bond donors (Lipinski definition) is 3. The topological polar surface area (TPSA) is 77.8 Å². The van der Waals surface area contributed by atoms with Crippen LogP contribution in [-0.2, 0) is 17.6 Å². The van der Waals surface area contributed by atoms with Gasteiger partial charge in [-0.05, 0) is 66.6 Å². The minimum atomic E-state index is -1.52. The molecule has 0 aliphatic heterocycles. The fraction of sp³-hybridized carbons (Fsp3) is 0.345. The molecule has 0 aliphatic rings. The summed E-state index contributed by atoms with van der Waals surface area (Å²) in [6, 6.07) is 25.0. The molecule has 0 fully saturated rings. The lowest BCUT2D eigenvalue weighted by Gasteiger charge is -2.23. The van der Waals surface area contributed by atoms with E-state index in [9.17, 15) is 20.1 Å². The van der Waals surface area contributed by atoms with Crippen molar-refractivity contribution in [1.29, 1.82) is 0 Å². The molecule has 34 heavy (non-hydrogen) atoms. The minimum absolute atomic E-state index is 0.153. The Bertz CT molecular complexity index is 1000. The number of carboxylic acids is 1. The van der Waals surface area contributed by atoms with Gasteiger partial charge in [-0.15, -0.1) is 11.8 Å². The zero-order valence-electron chi connectivity index (χ0n) is 19.5. The first kappa shape index (κ1) is 25.9. The molecule has 0 bridgehead atoms. The van der Waals surface area contributed by atoms with Gasteiger partial charge in [0, 0.05) is 4.90 Å². The average Bonchev–Trinajstić information content (AvgIpc) is 2.86. The highest BCUT2D eigenvalue weighted by Crippen LogP contribution is 2.40. The van der Waals surface area contributed by atoms with E-state index in [-0.39, 0.29) is 5.75 Å². The molecular weight excluding hydrogens is 444 g/mol. The fourth-order valence-electron chi connectivity index (χ4n) is 4.13. The van der Waals surface area contributed by atoms with Crippen LogP contribution < -0.4 is 0 Å². The number of aliphatic hydroxyl groups is 1. The van der Waals surface area contributed by atoms with Gasteiger partial charge < -0.3 is 15.3 Å². The van der Waals surface area contributed by atoms with E-state index in [1.807, 2.05) is 24.3 Å². The molecule has 5 heteroatoms. The summed E-state index contributed by atoms with van der Waals surface area (Å²) in [5, 5.41) is 28.9. The molecule has 4 nitrogen and oxygen atoms in total. The van der Waals surface area contributed by atoms with Gasteiger partial charge in [0.05, 0.1) is 5.25 Å². The normalized spacial score (nSPS) is 12.9. The standard InChI is InChI=1S/C29H34O4S/c30-24-18-20-25(21-19-24)34-28(27(31)29(32)33)26-17-11-10-16-23(26)15-9-4-2-1-3-6-12-22-13-7-5-8-14-22/h5,7-8,10-11,13-14,16-21,27-28,30-31H,1-4,6,9,12,15H2,(H,32,33). The zero-order chi connectivity index (χ0) is 24.2. The van der Waals surface area contributed by atoms with Crippen LogP contribution in [0.4, 0.5) is 0 Å². The van der Waals surface area contributed by atoms with Gasteiger partial charge in [-0.1, -0.05) is 80.3 Å². The highest BCUT2D eigenvalue weighted by atomic mass is 32.2. The molecule has 0 radical (unpaired) electrons. The Morgan fingerprint density at radius 1 is 0.735 bits per heavy atom. The predicted molar refractivity (Wildman–Crippen MR) is 138 cm³/mol. The number of unbranched alkanes of at least 4 members (excludes halogenated alkanes) is 5. The summed E-state index contributed by atoms with van der Waals surface area (Å²) >= 11 is 1.31. The van der Waals surface area contributed by atoms with Crippen molar-refractivity contribution in [2.45, 2.75) is 67.6 Å². The van der Waals surface area contributed by atoms with Gasteiger partial charge in [0.1, 0.15) is 5.75 Å². The second-order valence-electron chi connectivity index (χ2n) is 8.62. The Hall–Kier alpha value is -2.76. The van der Waals surface area contributed by atoms with Crippen LogP contribution >= 0.6 is 11.8 Å². The van der Waals surface area contributed by atoms with Crippen LogP contribution in [0.3, 0.4) is 0 Å². The Balaban J connectivity index is 1.52. The third-order valence-corrected chi connectivity index (χ3v) is 7.32. The molecule has 0 aromatic heterocycles. The molecule has 180 valence electrons. The van der Waals surface area contributed by atoms with Crippen molar-refractivity contribution in [1.82, 2.24) is 0 Å². The average molecular weight is 479 g/mol. The molecule has 2 unspecified atom stereocenters. The van der Waals surface area contributed by atoms with Gasteiger partial charge >= 0.3 is 5.97 Å². The quantitative estimate of drug-likeness (QED) is 0.175. The monoisotopic (exact) mass is 478 g/mol. The van der Waals surface area contributed by atoms with E-state index in [4.69, 9.17) is 0 Å². The number of phenols is 1. The molecule has 3 aromatic carbocycles. The van der Waals surface area contributed by atoms with Crippen LogP contribution in [0.25, 0.3) is 0 Å². The molecular formula is C29H34O4S. The summed E-state index contributed by atoms with van der Waals surface area (Å²) < 4.78 is 0. The van der Waals surface area contributed by atoms with Gasteiger partial charge in [-0.25, -0.2) is 4.79 Å². The number of aliphatic carboxylic acids is 1. The first-order chi connectivity index (χ1) is 16.5. The second kappa shape index (κ2) is 13.8. The number of carboxylic acid groups (broad SMARTS) is 1. The van der Waals surface area contributed by atoms with Crippen molar-refractivity contribution >= 4 is 17.7 Å². The summed E-state index contributed by atoms with van der Waals surface area (Å²) in [4.78, 5) is 12.4. The van der Waals surface area contributed by atoms with Gasteiger partial charge in [0.25, 0.3) is 0 Å². The largest absolute Gasteiger partial charge is 0.508 e. The highest BCUT2D eigenvalue weighted by Gasteiger charge is 2.30. The summed E-state index contributed by atoms with van der Waals surface area (Å²) in [6.07, 6.45) is 7.53. The first-order valence-electron chi connectivity index (χ1n) is 12.0. The third-order valence-electron chi connectivity index (χ3n) is 6.01. The lowest BCUT2D eigenvalue weighted by molar-refractivity contribution is -0.146. The maximum Gasteiger partial charge on any atom is 0.334 e. The highest BCUT2D eigenvalue weighted by molar-refractivity contribution is 7.99. The third kappa shape index (κ3) is 8.23. The molecule has 0 saturated heterocycles. The number of aliphatic hydroxyl groups excluding tert-OH is 1. The van der Waals surface area contributed by atoms with E-state index >= 15 is 0 Å². The van der Waals surface area contributed by atoms with Gasteiger partial charge in [0.15, 0.2) is 6.10 Å². The molecule has 0 aliphatic carbocycles. The summed E-state index contributed by atoms with van der Waals surface area (Å²) in [6.45, 7) is 0. The SMILES string of the molecule is O=C(O)C(O)C(Sc1ccc(O)cc1)c1ccccc1CCCCCCCCc1ccccc1. The second-order valence-corrected chi connectivity index (χ2v) is 9.84. The number of aromatic hydroxyl groups is 1. The molecule has 3 aromatic rings. The van der Waals surface area contributed by atoms with Crippen molar-refractivity contribution in [3.05, 3.63) is 95.6 Å². The summed E-state index contributed by atoms with van der Waals surface area (Å²) in [7, 11) is 0. The number of hydrogen-bond acceptors (Lipinski definition) is 4. The van der Waals surface area contributed by atoms with E-state index in [1.165, 1.54) is 43.0 Å². The van der Waals surface area contributed by atoms with E-state index in [0.29, 0.717) is 0 Å². The maximum atomic E-state index is 11.6. The molecule has 0 saturated carbocycles. The van der Waals surface area contributed by atoms with Gasteiger partial charge in [0.2, 0.25) is 0 Å². The minimum Gasteiger partial charge on any atom is -0.508 e. The Kier molecular flexibility index (Phi) is 10.5. The maximum absolute atomic E-state index is 11.6. The van der Waals surface area contributed by atoms with Crippen molar-refractivity contribution in [3.63, 3.8) is 0 Å². The van der Waals surface area contributed by atoms with E-state index in [1.54, 1.807) is 24.3 Å². The Morgan fingerprint density at radius 2 is 1.32 bits per heavy atom. The molecule has 0 spiro atoms. The number of aryl methyl sites for hydroxylation is 2. The Labute approximate surface area is 206 Å². The summed E-state index contributed by atoms with van der Waals surface area (Å²) in [5.74, 6) is -1.08. The number of carbonyl (C=O) groups is 1. The van der Waals surface area contributed by atoms with Crippen LogP contribution in [-0.4, -0.2) is 27.4 Å². The van der Waals surface area contributed by atoms with Crippen LogP contribution in [0.2, 0.25) is 0 Å². The fourth-order valence-corrected chi connectivity index (χ4v) is 5.32. The van der Waals surface area contributed by atoms with Crippen LogP contribution in [0, 0.1) is 0 Å².